The van der Waals surface area contributed by atoms with Crippen molar-refractivity contribution in [3.63, 3.8) is 0 Å². The number of phosphoric acid groups is 1. The lowest BCUT2D eigenvalue weighted by atomic mass is 10.1. The number of ether oxygens (including phenoxy) is 3. The normalized spacial score (nSPS) is 14.3. The Morgan fingerprint density at radius 1 is 0.382 bits per heavy atom. The number of hydrogen-bond acceptors (Lipinski definition) is 10. The number of allylic oxidation sites excluding steroid dienone is 22. The van der Waals surface area contributed by atoms with E-state index in [4.69, 9.17) is 23.3 Å². The maximum Gasteiger partial charge on any atom is 0.472 e. The van der Waals surface area contributed by atoms with E-state index in [2.05, 4.69) is 148 Å². The summed E-state index contributed by atoms with van der Waals surface area (Å²) >= 11 is 0. The average Bonchev–Trinajstić information content (AvgIpc) is 3.41. The summed E-state index contributed by atoms with van der Waals surface area (Å²) in [5, 5.41) is 9.82. The van der Waals surface area contributed by atoms with Gasteiger partial charge >= 0.3 is 25.7 Å². The fourth-order valence-electron chi connectivity index (χ4n) is 7.18. The second-order valence-electron chi connectivity index (χ2n) is 18.7. The van der Waals surface area contributed by atoms with Gasteiger partial charge in [-0.05, 0) is 128 Å². The fraction of sp³-hybridized carbons (Fsp3) is 0.609. The van der Waals surface area contributed by atoms with Crippen LogP contribution in [0.3, 0.4) is 0 Å². The van der Waals surface area contributed by atoms with Gasteiger partial charge in [-0.25, -0.2) is 4.57 Å². The fourth-order valence-corrected chi connectivity index (χ4v) is 7.96. The molecule has 0 spiro atoms. The van der Waals surface area contributed by atoms with Crippen LogP contribution >= 0.6 is 7.82 Å². The smallest absolute Gasteiger partial charge is 0.462 e. The van der Waals surface area contributed by atoms with Crippen LogP contribution in [-0.2, 0) is 42.2 Å². The molecule has 0 rings (SSSR count). The molecule has 0 fully saturated rings. The number of unbranched alkanes of at least 4 members (excludes halogenated alkanes) is 13. The summed E-state index contributed by atoms with van der Waals surface area (Å²) in [6.07, 6.45) is 71.3. The molecule has 3 atom stereocenters. The summed E-state index contributed by atoms with van der Waals surface area (Å²) in [5.74, 6) is -1.59. The van der Waals surface area contributed by atoms with Crippen LogP contribution in [0, 0.1) is 0 Å². The number of carbonyl (C=O) groups excluding carboxylic acids is 3. The van der Waals surface area contributed by atoms with Gasteiger partial charge in [0.05, 0.1) is 19.8 Å². The zero-order chi connectivity index (χ0) is 55.5. The molecule has 76 heavy (non-hydrogen) atoms. The Labute approximate surface area is 461 Å². The van der Waals surface area contributed by atoms with E-state index in [-0.39, 0.29) is 25.9 Å². The van der Waals surface area contributed by atoms with Crippen molar-refractivity contribution in [2.75, 3.05) is 26.4 Å². The van der Waals surface area contributed by atoms with Crippen molar-refractivity contribution < 1.29 is 52.2 Å². The third-order valence-electron chi connectivity index (χ3n) is 11.5. The van der Waals surface area contributed by atoms with E-state index < -0.39 is 57.8 Å². The zero-order valence-electron chi connectivity index (χ0n) is 47.4. The molecule has 0 aromatic heterocycles. The van der Waals surface area contributed by atoms with Gasteiger partial charge in [-0.3, -0.25) is 23.4 Å². The first-order chi connectivity index (χ1) is 37.2. The predicted octanol–water partition coefficient (Wildman–Crippen LogP) is 17.4. The second-order valence-corrected chi connectivity index (χ2v) is 20.1. The van der Waals surface area contributed by atoms with Crippen LogP contribution < -0.4 is 0 Å². The molecule has 0 saturated heterocycles. The molecule has 3 unspecified atom stereocenters. The zero-order valence-corrected chi connectivity index (χ0v) is 48.3. The highest BCUT2D eigenvalue weighted by Gasteiger charge is 2.28. The Bertz CT molecular complexity index is 1780. The van der Waals surface area contributed by atoms with E-state index >= 15 is 0 Å². The molecular formula is C64H103O11P. The lowest BCUT2D eigenvalue weighted by Gasteiger charge is -2.21. The molecule has 0 saturated carbocycles. The molecule has 0 aromatic rings. The molecule has 430 valence electrons. The van der Waals surface area contributed by atoms with Crippen LogP contribution in [-0.4, -0.2) is 66.5 Å². The van der Waals surface area contributed by atoms with Gasteiger partial charge in [-0.2, -0.15) is 0 Å². The van der Waals surface area contributed by atoms with Gasteiger partial charge in [0.2, 0.25) is 0 Å². The summed E-state index contributed by atoms with van der Waals surface area (Å²) in [6, 6.07) is 0. The minimum absolute atomic E-state index is 0.119. The minimum Gasteiger partial charge on any atom is -0.462 e. The van der Waals surface area contributed by atoms with E-state index in [0.29, 0.717) is 25.7 Å². The number of rotatable bonds is 52. The van der Waals surface area contributed by atoms with Crippen LogP contribution in [0.15, 0.2) is 134 Å². The van der Waals surface area contributed by atoms with Crippen molar-refractivity contribution in [3.8, 4) is 0 Å². The van der Waals surface area contributed by atoms with Gasteiger partial charge in [0.1, 0.15) is 12.7 Å². The van der Waals surface area contributed by atoms with Crippen molar-refractivity contribution >= 4 is 25.7 Å². The van der Waals surface area contributed by atoms with Crippen LogP contribution in [0.2, 0.25) is 0 Å². The highest BCUT2D eigenvalue weighted by Crippen LogP contribution is 2.43. The highest BCUT2D eigenvalue weighted by molar-refractivity contribution is 7.47. The second kappa shape index (κ2) is 56.8. The number of aliphatic hydroxyl groups excluding tert-OH is 1. The molecule has 11 nitrogen and oxygen atoms in total. The minimum atomic E-state index is -4.78. The summed E-state index contributed by atoms with van der Waals surface area (Å²) in [7, 11) is -4.78. The van der Waals surface area contributed by atoms with Crippen LogP contribution in [0.1, 0.15) is 213 Å². The van der Waals surface area contributed by atoms with E-state index in [0.717, 1.165) is 128 Å². The van der Waals surface area contributed by atoms with Crippen LogP contribution in [0.5, 0.6) is 0 Å². The first-order valence-electron chi connectivity index (χ1n) is 29.1. The van der Waals surface area contributed by atoms with Crippen molar-refractivity contribution in [2.24, 2.45) is 0 Å². The van der Waals surface area contributed by atoms with E-state index in [1.165, 1.54) is 19.3 Å². The monoisotopic (exact) mass is 1080 g/mol. The highest BCUT2D eigenvalue weighted by atomic mass is 31.2. The molecule has 0 bridgehead atoms. The Morgan fingerprint density at radius 2 is 0.697 bits per heavy atom. The Kier molecular flexibility index (Phi) is 53.5. The number of phosphoric ester groups is 1. The number of hydrogen-bond donors (Lipinski definition) is 2. The van der Waals surface area contributed by atoms with Gasteiger partial charge in [0.15, 0.2) is 6.10 Å². The van der Waals surface area contributed by atoms with E-state index in [1.54, 1.807) is 0 Å². The van der Waals surface area contributed by atoms with Crippen LogP contribution in [0.25, 0.3) is 0 Å². The molecule has 2 N–H and O–H groups in total. The molecule has 0 heterocycles. The van der Waals surface area contributed by atoms with Crippen molar-refractivity contribution in [3.05, 3.63) is 134 Å². The molecule has 0 aliphatic carbocycles. The van der Waals surface area contributed by atoms with E-state index in [9.17, 15) is 28.9 Å². The largest absolute Gasteiger partial charge is 0.472 e. The van der Waals surface area contributed by atoms with Gasteiger partial charge in [-0.15, -0.1) is 0 Å². The molecule has 0 amide bonds. The van der Waals surface area contributed by atoms with Gasteiger partial charge in [-0.1, -0.05) is 199 Å². The third kappa shape index (κ3) is 54.4. The van der Waals surface area contributed by atoms with Crippen LogP contribution in [0.4, 0.5) is 0 Å². The quantitative estimate of drug-likeness (QED) is 0.0197. The molecule has 0 radical (unpaired) electrons. The Balaban J connectivity index is 4.88. The average molecular weight is 1080 g/mol. The lowest BCUT2D eigenvalue weighted by molar-refractivity contribution is -0.161. The lowest BCUT2D eigenvalue weighted by Crippen LogP contribution is -2.30. The summed E-state index contributed by atoms with van der Waals surface area (Å²) in [4.78, 5) is 48.6. The van der Waals surface area contributed by atoms with Gasteiger partial charge in [0.25, 0.3) is 0 Å². The number of carbonyl (C=O) groups is 3. The van der Waals surface area contributed by atoms with Crippen molar-refractivity contribution in [1.82, 2.24) is 0 Å². The third-order valence-corrected chi connectivity index (χ3v) is 12.5. The molecule has 0 aromatic carbocycles. The summed E-state index contributed by atoms with van der Waals surface area (Å²) in [6.45, 7) is 4.26. The number of esters is 3. The first kappa shape index (κ1) is 71.6. The standard InChI is InChI=1S/C64H103O11P/c1-4-7-10-13-16-19-22-25-28-30-33-35-38-41-44-47-50-53-62(66)71-57-61(75-64(68)55-52-49-46-43-40-37-34-31-29-26-23-20-17-14-11-8-5-2)59-73-76(69,70)72-58-60(56-65)74-63(67)54-51-48-45-42-39-36-32-27-24-21-18-15-12-9-6-3/h7-8,10-11,16-21,25-29,32-35,37,41,44,60-61,65H,4-6,9,12-15,22-24,30-31,36,38-40,42-43,45-59H2,1-3H3,(H,69,70)/b10-7-,11-8-,19-16-,20-17-,21-18-,28-25-,29-26-,32-27-,35-33-,37-34-,44-41-. The molecular weight excluding hydrogens is 976 g/mol. The summed E-state index contributed by atoms with van der Waals surface area (Å²) in [5.41, 5.74) is 0. The van der Waals surface area contributed by atoms with Gasteiger partial charge < -0.3 is 24.2 Å². The van der Waals surface area contributed by atoms with Crippen molar-refractivity contribution in [1.29, 1.82) is 0 Å². The SMILES string of the molecule is CC/C=C\C/C=C\C/C=C\C/C=C\C/C=C\CCCC(=O)OCC(COP(=O)(O)OCC(CO)OC(=O)CCCCCCC/C=C\C/C=C\CCCCC)OC(=O)CCCCCC/C=C\C/C=C\C/C=C\C/C=C\CC. The maximum atomic E-state index is 12.9. The van der Waals surface area contributed by atoms with E-state index in [1.807, 2.05) is 6.08 Å². The van der Waals surface area contributed by atoms with Crippen molar-refractivity contribution in [2.45, 2.75) is 226 Å². The maximum absolute atomic E-state index is 12.9. The molecule has 0 aliphatic heterocycles. The molecule has 0 aliphatic rings. The predicted molar refractivity (Wildman–Crippen MR) is 316 cm³/mol. The molecule has 12 heteroatoms. The first-order valence-corrected chi connectivity index (χ1v) is 30.6. The summed E-state index contributed by atoms with van der Waals surface area (Å²) < 4.78 is 39.4. The van der Waals surface area contributed by atoms with Gasteiger partial charge in [0, 0.05) is 19.3 Å². The topological polar surface area (TPSA) is 155 Å². The Morgan fingerprint density at radius 3 is 1.09 bits per heavy atom. The number of aliphatic hydroxyl groups is 1. The Hall–Kier alpha value is -4.38.